The van der Waals surface area contributed by atoms with Gasteiger partial charge in [0.25, 0.3) is 11.6 Å². The number of nitrogens with zero attached hydrogens (tertiary/aromatic N) is 2. The quantitative estimate of drug-likeness (QED) is 0.541. The molecule has 0 heterocycles. The molecule has 0 unspecified atom stereocenters. The maximum Gasteiger partial charge on any atom is 0.270 e. The van der Waals surface area contributed by atoms with Gasteiger partial charge in [-0.1, -0.05) is 12.1 Å². The minimum absolute atomic E-state index is 0.0848. The normalized spacial score (nSPS) is 14.9. The summed E-state index contributed by atoms with van der Waals surface area (Å²) in [6.45, 7) is 1.40. The molecule has 150 valence electrons. The van der Waals surface area contributed by atoms with E-state index in [1.165, 1.54) is 18.2 Å². The molecule has 2 aromatic carbocycles. The molecule has 0 aliphatic heterocycles. The van der Waals surface area contributed by atoms with Crippen molar-refractivity contribution in [1.29, 1.82) is 5.26 Å². The average molecular weight is 395 g/mol. The Balaban J connectivity index is 1.80. The number of nitro groups is 1. The summed E-state index contributed by atoms with van der Waals surface area (Å²) in [7, 11) is 1.55. The summed E-state index contributed by atoms with van der Waals surface area (Å²) in [5.41, 5.74) is 0.178. The van der Waals surface area contributed by atoms with E-state index < -0.39 is 16.4 Å². The fraction of sp³-hybridized carbons (Fsp3) is 0.333. The molecule has 1 fully saturated rings. The Hall–Kier alpha value is -3.60. The number of carbonyl (C=O) groups excluding carboxylic acids is 1. The van der Waals surface area contributed by atoms with Gasteiger partial charge in [-0.2, -0.15) is 5.26 Å². The van der Waals surface area contributed by atoms with Crippen molar-refractivity contribution in [2.24, 2.45) is 5.92 Å². The topological polar surface area (TPSA) is 114 Å². The Morgan fingerprint density at radius 2 is 2.00 bits per heavy atom. The highest BCUT2D eigenvalue weighted by Gasteiger charge is 2.43. The van der Waals surface area contributed by atoms with Crippen molar-refractivity contribution in [3.63, 3.8) is 0 Å². The van der Waals surface area contributed by atoms with Crippen LogP contribution in [0.2, 0.25) is 0 Å². The van der Waals surface area contributed by atoms with E-state index in [0.717, 1.165) is 12.8 Å². The molecule has 1 N–H and O–H groups in total. The zero-order chi connectivity index (χ0) is 21.0. The number of methoxy groups -OCH3 is 1. The van der Waals surface area contributed by atoms with Gasteiger partial charge < -0.3 is 14.8 Å². The summed E-state index contributed by atoms with van der Waals surface area (Å²) in [5, 5.41) is 23.3. The molecular weight excluding hydrogens is 374 g/mol. The number of nitrogens with one attached hydrogen (secondary N) is 1. The van der Waals surface area contributed by atoms with Crippen LogP contribution in [0.5, 0.6) is 11.5 Å². The molecule has 0 aromatic heterocycles. The highest BCUT2D eigenvalue weighted by atomic mass is 16.6. The molecule has 1 saturated carbocycles. The lowest BCUT2D eigenvalue weighted by Crippen LogP contribution is -2.48. The van der Waals surface area contributed by atoms with Gasteiger partial charge in [-0.25, -0.2) is 0 Å². The van der Waals surface area contributed by atoms with Crippen molar-refractivity contribution in [3.8, 4) is 28.7 Å². The molecule has 1 atom stereocenters. The summed E-state index contributed by atoms with van der Waals surface area (Å²) in [5.74, 6) is 0.726. The molecule has 1 aliphatic carbocycles. The summed E-state index contributed by atoms with van der Waals surface area (Å²) in [6.07, 6.45) is 1.82. The third-order valence-electron chi connectivity index (χ3n) is 4.96. The van der Waals surface area contributed by atoms with E-state index in [1.54, 1.807) is 38.3 Å². The molecule has 29 heavy (non-hydrogen) atoms. The number of non-ortho nitro benzene ring substituents is 1. The number of rotatable bonds is 8. The fourth-order valence-corrected chi connectivity index (χ4v) is 3.10. The van der Waals surface area contributed by atoms with Crippen LogP contribution in [0, 0.1) is 27.4 Å². The first kappa shape index (κ1) is 20.1. The van der Waals surface area contributed by atoms with Gasteiger partial charge in [0.15, 0.2) is 6.61 Å². The highest BCUT2D eigenvalue weighted by Crippen LogP contribution is 2.39. The zero-order valence-electron chi connectivity index (χ0n) is 16.2. The van der Waals surface area contributed by atoms with E-state index in [-0.39, 0.29) is 18.2 Å². The SMILES string of the molecule is COc1ccc(-c2cc([N+](=O)[O-])ccc2OCC(=O)N[C@@](C)(C#N)C2CC2)cc1. The first-order valence-corrected chi connectivity index (χ1v) is 9.14. The summed E-state index contributed by atoms with van der Waals surface area (Å²) < 4.78 is 10.8. The molecule has 8 heteroatoms. The van der Waals surface area contributed by atoms with Gasteiger partial charge in [-0.05, 0) is 49.4 Å². The summed E-state index contributed by atoms with van der Waals surface area (Å²) in [4.78, 5) is 23.0. The van der Waals surface area contributed by atoms with Crippen LogP contribution in [0.1, 0.15) is 19.8 Å². The molecule has 0 radical (unpaired) electrons. The maximum atomic E-state index is 12.3. The van der Waals surface area contributed by atoms with Crippen LogP contribution in [0.15, 0.2) is 42.5 Å². The first-order valence-electron chi connectivity index (χ1n) is 9.14. The second-order valence-corrected chi connectivity index (χ2v) is 7.09. The smallest absolute Gasteiger partial charge is 0.270 e. The molecular formula is C21H21N3O5. The van der Waals surface area contributed by atoms with Crippen LogP contribution in [-0.2, 0) is 4.79 Å². The fourth-order valence-electron chi connectivity index (χ4n) is 3.10. The Labute approximate surface area is 168 Å². The van der Waals surface area contributed by atoms with Crippen LogP contribution in [-0.4, -0.2) is 30.1 Å². The molecule has 1 aliphatic rings. The molecule has 3 rings (SSSR count). The van der Waals surface area contributed by atoms with E-state index in [4.69, 9.17) is 9.47 Å². The van der Waals surface area contributed by atoms with Crippen molar-refractivity contribution in [3.05, 3.63) is 52.6 Å². The third-order valence-corrected chi connectivity index (χ3v) is 4.96. The summed E-state index contributed by atoms with van der Waals surface area (Å²) >= 11 is 0. The number of carbonyl (C=O) groups is 1. The van der Waals surface area contributed by atoms with Gasteiger partial charge in [0, 0.05) is 17.7 Å². The van der Waals surface area contributed by atoms with Gasteiger partial charge in [0.05, 0.1) is 18.1 Å². The number of benzene rings is 2. The number of ether oxygens (including phenoxy) is 2. The lowest BCUT2D eigenvalue weighted by Gasteiger charge is -2.23. The minimum Gasteiger partial charge on any atom is -0.497 e. The Morgan fingerprint density at radius 1 is 1.31 bits per heavy atom. The standard InChI is InChI=1S/C21H21N3O5/c1-21(13-22,15-5-6-15)23-20(25)12-29-19-10-7-16(24(26)27)11-18(19)14-3-8-17(28-2)9-4-14/h3-4,7-11,15H,5-6,12H2,1-2H3,(H,23,25)/t21-/m0/s1. The first-order chi connectivity index (χ1) is 13.9. The second kappa shape index (κ2) is 8.19. The minimum atomic E-state index is -0.908. The lowest BCUT2D eigenvalue weighted by molar-refractivity contribution is -0.384. The molecule has 1 amide bonds. The third kappa shape index (κ3) is 4.63. The Kier molecular flexibility index (Phi) is 5.69. The number of hydrogen-bond donors (Lipinski definition) is 1. The largest absolute Gasteiger partial charge is 0.497 e. The highest BCUT2D eigenvalue weighted by molar-refractivity contribution is 5.80. The molecule has 0 bridgehead atoms. The molecule has 8 nitrogen and oxygen atoms in total. The second-order valence-electron chi connectivity index (χ2n) is 7.09. The molecule has 2 aromatic rings. The van der Waals surface area contributed by atoms with Crippen molar-refractivity contribution >= 4 is 11.6 Å². The van der Waals surface area contributed by atoms with Crippen molar-refractivity contribution < 1.29 is 19.2 Å². The van der Waals surface area contributed by atoms with Crippen molar-refractivity contribution in [2.75, 3.05) is 13.7 Å². The number of nitro benzene ring substituents is 1. The van der Waals surface area contributed by atoms with Crippen LogP contribution in [0.3, 0.4) is 0 Å². The van der Waals surface area contributed by atoms with Crippen LogP contribution < -0.4 is 14.8 Å². The van der Waals surface area contributed by atoms with Crippen molar-refractivity contribution in [1.82, 2.24) is 5.32 Å². The van der Waals surface area contributed by atoms with Crippen LogP contribution in [0.4, 0.5) is 5.69 Å². The monoisotopic (exact) mass is 395 g/mol. The average Bonchev–Trinajstić information content (AvgIpc) is 3.58. The zero-order valence-corrected chi connectivity index (χ0v) is 16.2. The van der Waals surface area contributed by atoms with E-state index in [2.05, 4.69) is 11.4 Å². The van der Waals surface area contributed by atoms with E-state index in [9.17, 15) is 20.2 Å². The number of hydrogen-bond acceptors (Lipinski definition) is 6. The predicted molar refractivity (Wildman–Crippen MR) is 105 cm³/mol. The van der Waals surface area contributed by atoms with Crippen LogP contribution >= 0.6 is 0 Å². The Bertz CT molecular complexity index is 963. The lowest BCUT2D eigenvalue weighted by atomic mass is 9.98. The van der Waals surface area contributed by atoms with Gasteiger partial charge >= 0.3 is 0 Å². The predicted octanol–water partition coefficient (Wildman–Crippen LogP) is 3.46. The molecule has 0 spiro atoms. The van der Waals surface area contributed by atoms with E-state index in [0.29, 0.717) is 22.6 Å². The van der Waals surface area contributed by atoms with Crippen molar-refractivity contribution in [2.45, 2.75) is 25.3 Å². The van der Waals surface area contributed by atoms with Gasteiger partial charge in [0.1, 0.15) is 17.0 Å². The van der Waals surface area contributed by atoms with E-state index >= 15 is 0 Å². The number of nitriles is 1. The van der Waals surface area contributed by atoms with Gasteiger partial charge in [-0.3, -0.25) is 14.9 Å². The summed E-state index contributed by atoms with van der Waals surface area (Å²) in [6, 6.07) is 13.3. The van der Waals surface area contributed by atoms with Gasteiger partial charge in [-0.15, -0.1) is 0 Å². The van der Waals surface area contributed by atoms with Crippen LogP contribution in [0.25, 0.3) is 11.1 Å². The molecule has 0 saturated heterocycles. The maximum absolute atomic E-state index is 12.3. The Morgan fingerprint density at radius 3 is 2.55 bits per heavy atom. The van der Waals surface area contributed by atoms with E-state index in [1.807, 2.05) is 0 Å². The number of amides is 1. The van der Waals surface area contributed by atoms with Gasteiger partial charge in [0.2, 0.25) is 0 Å².